The van der Waals surface area contributed by atoms with E-state index in [1.54, 1.807) is 6.92 Å². The molecule has 0 radical (unpaired) electrons. The van der Waals surface area contributed by atoms with Crippen LogP contribution in [0.25, 0.3) is 5.65 Å². The predicted molar refractivity (Wildman–Crippen MR) is 111 cm³/mol. The number of benzene rings is 1. The third kappa shape index (κ3) is 5.46. The number of alkyl halides is 3. The van der Waals surface area contributed by atoms with Crippen LogP contribution in [-0.4, -0.2) is 31.8 Å². The van der Waals surface area contributed by atoms with Gasteiger partial charge in [-0.2, -0.15) is 13.2 Å². The van der Waals surface area contributed by atoms with Gasteiger partial charge in [-0.15, -0.1) is 10.2 Å². The summed E-state index contributed by atoms with van der Waals surface area (Å²) in [6.45, 7) is 3.58. The van der Waals surface area contributed by atoms with Gasteiger partial charge in [0.15, 0.2) is 10.8 Å². The Morgan fingerprint density at radius 2 is 1.93 bits per heavy atom. The standard InChI is InChI=1S/C20H20ClF3N4OS/c1-12(8-9-14-6-4-3-5-7-14)25-18(29)13(2)30-19-27-26-17-16(21)10-15(11-28(17)19)20(22,23)24/h3-7,10-13H,8-9H2,1-2H3,(H,25,29)/t12-,13+/m1/s1. The van der Waals surface area contributed by atoms with E-state index in [0.29, 0.717) is 0 Å². The fourth-order valence-electron chi connectivity index (χ4n) is 2.84. The van der Waals surface area contributed by atoms with E-state index in [1.807, 2.05) is 37.3 Å². The maximum Gasteiger partial charge on any atom is 0.417 e. The molecule has 160 valence electrons. The summed E-state index contributed by atoms with van der Waals surface area (Å²) < 4.78 is 40.4. The lowest BCUT2D eigenvalue weighted by Gasteiger charge is -2.17. The van der Waals surface area contributed by atoms with Gasteiger partial charge in [0.1, 0.15) is 0 Å². The maximum atomic E-state index is 13.1. The minimum absolute atomic E-state index is 0.0535. The van der Waals surface area contributed by atoms with Gasteiger partial charge in [-0.05, 0) is 38.3 Å². The molecule has 30 heavy (non-hydrogen) atoms. The molecule has 1 amide bonds. The van der Waals surface area contributed by atoms with Crippen LogP contribution in [0.2, 0.25) is 5.02 Å². The van der Waals surface area contributed by atoms with Crippen LogP contribution < -0.4 is 5.32 Å². The van der Waals surface area contributed by atoms with Gasteiger partial charge in [0.25, 0.3) is 0 Å². The third-order valence-corrected chi connectivity index (χ3v) is 5.84. The summed E-state index contributed by atoms with van der Waals surface area (Å²) in [5.41, 5.74) is 0.387. The number of fused-ring (bicyclic) bond motifs is 1. The first-order chi connectivity index (χ1) is 14.1. The molecule has 0 aliphatic heterocycles. The number of hydrogen-bond acceptors (Lipinski definition) is 4. The fraction of sp³-hybridized carbons (Fsp3) is 0.350. The second-order valence-corrected chi connectivity index (χ2v) is 8.66. The molecule has 1 N–H and O–H groups in total. The number of carbonyl (C=O) groups is 1. The number of carbonyl (C=O) groups excluding carboxylic acids is 1. The van der Waals surface area contributed by atoms with E-state index in [0.717, 1.165) is 36.9 Å². The number of thioether (sulfide) groups is 1. The predicted octanol–water partition coefficient (Wildman–Crippen LogP) is 5.02. The summed E-state index contributed by atoms with van der Waals surface area (Å²) in [6, 6.07) is 10.7. The summed E-state index contributed by atoms with van der Waals surface area (Å²) in [6.07, 6.45) is -2.07. The van der Waals surface area contributed by atoms with Gasteiger partial charge in [-0.1, -0.05) is 53.7 Å². The molecule has 0 saturated carbocycles. The zero-order valence-electron chi connectivity index (χ0n) is 16.3. The first kappa shape index (κ1) is 22.4. The van der Waals surface area contributed by atoms with Crippen molar-refractivity contribution in [3.05, 3.63) is 58.7 Å². The van der Waals surface area contributed by atoms with Crippen LogP contribution in [0, 0.1) is 0 Å². The zero-order chi connectivity index (χ0) is 21.9. The van der Waals surface area contributed by atoms with Crippen molar-refractivity contribution in [3.63, 3.8) is 0 Å². The normalized spacial score (nSPS) is 13.9. The highest BCUT2D eigenvalue weighted by Gasteiger charge is 2.32. The van der Waals surface area contributed by atoms with Gasteiger partial charge in [0.2, 0.25) is 5.91 Å². The molecule has 10 heteroatoms. The largest absolute Gasteiger partial charge is 0.417 e. The van der Waals surface area contributed by atoms with Crippen molar-refractivity contribution < 1.29 is 18.0 Å². The van der Waals surface area contributed by atoms with Crippen LogP contribution in [0.4, 0.5) is 13.2 Å². The number of pyridine rings is 1. The summed E-state index contributed by atoms with van der Waals surface area (Å²) >= 11 is 6.95. The highest BCUT2D eigenvalue weighted by atomic mass is 35.5. The molecule has 0 aliphatic carbocycles. The number of nitrogens with zero attached hydrogens (tertiary/aromatic N) is 3. The molecule has 1 aromatic carbocycles. The SMILES string of the molecule is C[C@H](CCc1ccccc1)NC(=O)[C@H](C)Sc1nnc2c(Cl)cc(C(F)(F)F)cn12. The van der Waals surface area contributed by atoms with E-state index in [2.05, 4.69) is 15.5 Å². The van der Waals surface area contributed by atoms with E-state index >= 15 is 0 Å². The molecule has 3 rings (SSSR count). The monoisotopic (exact) mass is 456 g/mol. The third-order valence-electron chi connectivity index (χ3n) is 4.50. The number of nitrogens with one attached hydrogen (secondary N) is 1. The highest BCUT2D eigenvalue weighted by molar-refractivity contribution is 8.00. The molecule has 0 fully saturated rings. The molecule has 0 aliphatic rings. The van der Waals surface area contributed by atoms with Crippen LogP contribution >= 0.6 is 23.4 Å². The second kappa shape index (κ2) is 9.26. The molecule has 2 heterocycles. The van der Waals surface area contributed by atoms with Gasteiger partial charge in [0.05, 0.1) is 15.8 Å². The van der Waals surface area contributed by atoms with Gasteiger partial charge < -0.3 is 5.32 Å². The highest BCUT2D eigenvalue weighted by Crippen LogP contribution is 2.33. The first-order valence-corrected chi connectivity index (χ1v) is 10.5. The van der Waals surface area contributed by atoms with E-state index in [1.165, 1.54) is 9.96 Å². The van der Waals surface area contributed by atoms with E-state index < -0.39 is 17.0 Å². The van der Waals surface area contributed by atoms with E-state index in [9.17, 15) is 18.0 Å². The Labute approximate surface area is 181 Å². The molecule has 0 spiro atoms. The van der Waals surface area contributed by atoms with Crippen molar-refractivity contribution in [3.8, 4) is 0 Å². The van der Waals surface area contributed by atoms with Crippen molar-refractivity contribution in [2.24, 2.45) is 0 Å². The smallest absolute Gasteiger partial charge is 0.353 e. The molecule has 0 bridgehead atoms. The second-order valence-electron chi connectivity index (χ2n) is 6.94. The van der Waals surface area contributed by atoms with Crippen LogP contribution in [-0.2, 0) is 17.4 Å². The van der Waals surface area contributed by atoms with Crippen LogP contribution in [0.5, 0.6) is 0 Å². The molecule has 2 atom stereocenters. The zero-order valence-corrected chi connectivity index (χ0v) is 17.9. The molecular weight excluding hydrogens is 437 g/mol. The van der Waals surface area contributed by atoms with Crippen LogP contribution in [0.1, 0.15) is 31.4 Å². The summed E-state index contributed by atoms with van der Waals surface area (Å²) in [5, 5.41) is 10.1. The summed E-state index contributed by atoms with van der Waals surface area (Å²) in [5.74, 6) is -0.226. The minimum Gasteiger partial charge on any atom is -0.353 e. The van der Waals surface area contributed by atoms with Crippen molar-refractivity contribution in [1.29, 1.82) is 0 Å². The Balaban J connectivity index is 1.64. The quantitative estimate of drug-likeness (QED) is 0.507. The molecule has 2 aromatic heterocycles. The van der Waals surface area contributed by atoms with Crippen LogP contribution in [0.15, 0.2) is 47.8 Å². The van der Waals surface area contributed by atoms with Crippen molar-refractivity contribution in [2.45, 2.75) is 49.3 Å². The van der Waals surface area contributed by atoms with Gasteiger partial charge in [-0.3, -0.25) is 9.20 Å². The topological polar surface area (TPSA) is 59.3 Å². The first-order valence-electron chi connectivity index (χ1n) is 9.27. The molecule has 5 nitrogen and oxygen atoms in total. The molecule has 0 saturated heterocycles. The number of aryl methyl sites for hydroxylation is 1. The number of amides is 1. The minimum atomic E-state index is -4.55. The Morgan fingerprint density at radius 3 is 2.60 bits per heavy atom. The van der Waals surface area contributed by atoms with E-state index in [-0.39, 0.29) is 27.8 Å². The van der Waals surface area contributed by atoms with Crippen molar-refractivity contribution in [1.82, 2.24) is 19.9 Å². The summed E-state index contributed by atoms with van der Waals surface area (Å²) in [4.78, 5) is 12.5. The number of aromatic nitrogens is 3. The van der Waals surface area contributed by atoms with E-state index in [4.69, 9.17) is 11.6 Å². The van der Waals surface area contributed by atoms with Crippen molar-refractivity contribution in [2.75, 3.05) is 0 Å². The Kier molecular flexibility index (Phi) is 6.92. The van der Waals surface area contributed by atoms with Gasteiger partial charge in [0, 0.05) is 12.2 Å². The number of halogens is 4. The van der Waals surface area contributed by atoms with Gasteiger partial charge >= 0.3 is 6.18 Å². The Hall–Kier alpha value is -2.26. The Bertz CT molecular complexity index is 1030. The summed E-state index contributed by atoms with van der Waals surface area (Å²) in [7, 11) is 0. The lowest BCUT2D eigenvalue weighted by Crippen LogP contribution is -2.37. The molecule has 3 aromatic rings. The lowest BCUT2D eigenvalue weighted by atomic mass is 10.1. The molecule has 0 unspecified atom stereocenters. The Morgan fingerprint density at radius 1 is 1.23 bits per heavy atom. The average Bonchev–Trinajstić information content (AvgIpc) is 3.10. The number of rotatable bonds is 7. The van der Waals surface area contributed by atoms with Gasteiger partial charge in [-0.25, -0.2) is 0 Å². The van der Waals surface area contributed by atoms with Crippen LogP contribution in [0.3, 0.4) is 0 Å². The lowest BCUT2D eigenvalue weighted by molar-refractivity contribution is -0.137. The maximum absolute atomic E-state index is 13.1. The average molecular weight is 457 g/mol. The number of hydrogen-bond donors (Lipinski definition) is 1. The molecular formula is C20H20ClF3N4OS. The van der Waals surface area contributed by atoms with Crippen molar-refractivity contribution >= 4 is 34.9 Å². The fourth-order valence-corrected chi connectivity index (χ4v) is 3.92.